The summed E-state index contributed by atoms with van der Waals surface area (Å²) in [6.45, 7) is 3.55. The van der Waals surface area contributed by atoms with Crippen molar-refractivity contribution in [1.29, 1.82) is 0 Å². The van der Waals surface area contributed by atoms with Gasteiger partial charge in [-0.25, -0.2) is 4.39 Å². The van der Waals surface area contributed by atoms with Crippen molar-refractivity contribution in [2.24, 2.45) is 5.73 Å². The standard InChI is InChI=1S/C16H17ClFNO/c1-10-4-5-11(8-14(10)18)16(2,19)12-6-7-13(17)15(9-12)20-3/h4-9H,19H2,1-3H3. The molecule has 0 heterocycles. The summed E-state index contributed by atoms with van der Waals surface area (Å²) in [5.74, 6) is 0.286. The fourth-order valence-corrected chi connectivity index (χ4v) is 2.26. The first kappa shape index (κ1) is 14.8. The molecule has 0 spiro atoms. The van der Waals surface area contributed by atoms with Crippen LogP contribution in [-0.4, -0.2) is 7.11 Å². The third-order valence-corrected chi connectivity index (χ3v) is 3.83. The van der Waals surface area contributed by atoms with E-state index >= 15 is 0 Å². The first-order valence-corrected chi connectivity index (χ1v) is 6.63. The molecule has 2 aromatic rings. The summed E-state index contributed by atoms with van der Waals surface area (Å²) in [5.41, 5.74) is 7.66. The fraction of sp³-hybridized carbons (Fsp3) is 0.250. The highest BCUT2D eigenvalue weighted by atomic mass is 35.5. The Labute approximate surface area is 123 Å². The van der Waals surface area contributed by atoms with E-state index in [1.165, 1.54) is 6.07 Å². The summed E-state index contributed by atoms with van der Waals surface area (Å²) in [5, 5.41) is 0.516. The highest BCUT2D eigenvalue weighted by Crippen LogP contribution is 2.33. The minimum atomic E-state index is -0.827. The van der Waals surface area contributed by atoms with Gasteiger partial charge in [0.15, 0.2) is 0 Å². The summed E-state index contributed by atoms with van der Waals surface area (Å²) in [6.07, 6.45) is 0. The van der Waals surface area contributed by atoms with Crippen molar-refractivity contribution >= 4 is 11.6 Å². The van der Waals surface area contributed by atoms with E-state index in [1.54, 1.807) is 32.2 Å². The van der Waals surface area contributed by atoms with Crippen molar-refractivity contribution in [3.63, 3.8) is 0 Å². The van der Waals surface area contributed by atoms with Crippen molar-refractivity contribution in [2.45, 2.75) is 19.4 Å². The Bertz CT molecular complexity index is 640. The normalized spacial score (nSPS) is 13.9. The molecule has 0 saturated heterocycles. The first-order chi connectivity index (χ1) is 9.36. The summed E-state index contributed by atoms with van der Waals surface area (Å²) >= 11 is 6.01. The maximum Gasteiger partial charge on any atom is 0.137 e. The van der Waals surface area contributed by atoms with Gasteiger partial charge < -0.3 is 10.5 Å². The molecule has 0 fully saturated rings. The van der Waals surface area contributed by atoms with Gasteiger partial charge in [-0.3, -0.25) is 0 Å². The quantitative estimate of drug-likeness (QED) is 0.928. The number of halogens is 2. The highest BCUT2D eigenvalue weighted by molar-refractivity contribution is 6.32. The largest absolute Gasteiger partial charge is 0.495 e. The summed E-state index contributed by atoms with van der Waals surface area (Å²) in [4.78, 5) is 0. The lowest BCUT2D eigenvalue weighted by atomic mass is 9.85. The SMILES string of the molecule is COc1cc(C(C)(N)c2ccc(C)c(F)c2)ccc1Cl. The lowest BCUT2D eigenvalue weighted by Gasteiger charge is -2.27. The monoisotopic (exact) mass is 293 g/mol. The second-order valence-electron chi connectivity index (χ2n) is 5.02. The third kappa shape index (κ3) is 2.65. The Kier molecular flexibility index (Phi) is 4.02. The fourth-order valence-electron chi connectivity index (χ4n) is 2.07. The number of hydrogen-bond donors (Lipinski definition) is 1. The maximum absolute atomic E-state index is 13.7. The second kappa shape index (κ2) is 5.43. The van der Waals surface area contributed by atoms with E-state index in [2.05, 4.69) is 0 Å². The molecule has 0 aliphatic carbocycles. The third-order valence-electron chi connectivity index (χ3n) is 3.52. The maximum atomic E-state index is 13.7. The molecule has 0 bridgehead atoms. The molecule has 0 aliphatic heterocycles. The van der Waals surface area contributed by atoms with Crippen LogP contribution in [0.25, 0.3) is 0 Å². The molecule has 2 nitrogen and oxygen atoms in total. The number of aryl methyl sites for hydroxylation is 1. The van der Waals surface area contributed by atoms with Crippen LogP contribution in [-0.2, 0) is 5.54 Å². The number of rotatable bonds is 3. The van der Waals surface area contributed by atoms with E-state index in [9.17, 15) is 4.39 Å². The lowest BCUT2D eigenvalue weighted by molar-refractivity contribution is 0.413. The predicted octanol–water partition coefficient (Wildman–Crippen LogP) is 4.02. The molecule has 0 amide bonds. The molecule has 106 valence electrons. The minimum absolute atomic E-state index is 0.264. The van der Waals surface area contributed by atoms with E-state index < -0.39 is 5.54 Å². The zero-order chi connectivity index (χ0) is 14.9. The van der Waals surface area contributed by atoms with Crippen LogP contribution in [0.4, 0.5) is 4.39 Å². The van der Waals surface area contributed by atoms with E-state index in [-0.39, 0.29) is 5.82 Å². The molecular formula is C16H17ClFNO. The average molecular weight is 294 g/mol. The number of hydrogen-bond acceptors (Lipinski definition) is 2. The molecule has 2 N–H and O–H groups in total. The molecule has 2 rings (SSSR count). The molecule has 4 heteroatoms. The van der Waals surface area contributed by atoms with Crippen LogP contribution >= 0.6 is 11.6 Å². The van der Waals surface area contributed by atoms with Crippen molar-refractivity contribution in [1.82, 2.24) is 0 Å². The number of methoxy groups -OCH3 is 1. The average Bonchev–Trinajstić information content (AvgIpc) is 2.42. The van der Waals surface area contributed by atoms with Gasteiger partial charge >= 0.3 is 0 Å². The molecular weight excluding hydrogens is 277 g/mol. The summed E-state index contributed by atoms with van der Waals surface area (Å²) < 4.78 is 18.9. The molecule has 0 saturated carbocycles. The van der Waals surface area contributed by atoms with Crippen molar-refractivity contribution in [2.75, 3.05) is 7.11 Å². The summed E-state index contributed by atoms with van der Waals surface area (Å²) in [7, 11) is 1.55. The topological polar surface area (TPSA) is 35.2 Å². The smallest absolute Gasteiger partial charge is 0.137 e. The predicted molar refractivity (Wildman–Crippen MR) is 79.8 cm³/mol. The van der Waals surface area contributed by atoms with E-state index in [1.807, 2.05) is 19.1 Å². The Hall–Kier alpha value is -1.58. The van der Waals surface area contributed by atoms with Crippen LogP contribution in [0.1, 0.15) is 23.6 Å². The van der Waals surface area contributed by atoms with E-state index in [0.29, 0.717) is 21.9 Å². The number of ether oxygens (including phenoxy) is 1. The zero-order valence-electron chi connectivity index (χ0n) is 11.7. The van der Waals surface area contributed by atoms with Gasteiger partial charge in [-0.15, -0.1) is 0 Å². The molecule has 0 aromatic heterocycles. The van der Waals surface area contributed by atoms with E-state index in [4.69, 9.17) is 22.1 Å². The number of benzene rings is 2. The van der Waals surface area contributed by atoms with Gasteiger partial charge in [0.2, 0.25) is 0 Å². The molecule has 20 heavy (non-hydrogen) atoms. The van der Waals surface area contributed by atoms with Crippen LogP contribution in [0, 0.1) is 12.7 Å². The lowest BCUT2D eigenvalue weighted by Crippen LogP contribution is -2.34. The Morgan fingerprint density at radius 1 is 1.15 bits per heavy atom. The van der Waals surface area contributed by atoms with Crippen LogP contribution in [0.3, 0.4) is 0 Å². The molecule has 1 unspecified atom stereocenters. The Balaban J connectivity index is 2.50. The second-order valence-corrected chi connectivity index (χ2v) is 5.42. The van der Waals surface area contributed by atoms with Gasteiger partial charge in [0, 0.05) is 0 Å². The van der Waals surface area contributed by atoms with Gasteiger partial charge in [0.25, 0.3) is 0 Å². The molecule has 2 aromatic carbocycles. The van der Waals surface area contributed by atoms with Crippen LogP contribution in [0.5, 0.6) is 5.75 Å². The van der Waals surface area contributed by atoms with Crippen molar-refractivity contribution in [3.05, 3.63) is 63.9 Å². The van der Waals surface area contributed by atoms with Crippen molar-refractivity contribution < 1.29 is 9.13 Å². The van der Waals surface area contributed by atoms with Crippen LogP contribution in [0.2, 0.25) is 5.02 Å². The minimum Gasteiger partial charge on any atom is -0.495 e. The summed E-state index contributed by atoms with van der Waals surface area (Å²) in [6, 6.07) is 10.4. The van der Waals surface area contributed by atoms with Gasteiger partial charge in [0.1, 0.15) is 11.6 Å². The first-order valence-electron chi connectivity index (χ1n) is 6.26. The van der Waals surface area contributed by atoms with Gasteiger partial charge in [-0.2, -0.15) is 0 Å². The molecule has 0 aliphatic rings. The highest BCUT2D eigenvalue weighted by Gasteiger charge is 2.25. The Morgan fingerprint density at radius 3 is 2.35 bits per heavy atom. The van der Waals surface area contributed by atoms with Gasteiger partial charge in [0.05, 0.1) is 17.7 Å². The molecule has 0 radical (unpaired) electrons. The van der Waals surface area contributed by atoms with Gasteiger partial charge in [-0.05, 0) is 48.7 Å². The van der Waals surface area contributed by atoms with Crippen LogP contribution < -0.4 is 10.5 Å². The van der Waals surface area contributed by atoms with E-state index in [0.717, 1.165) is 5.56 Å². The van der Waals surface area contributed by atoms with Crippen molar-refractivity contribution in [3.8, 4) is 5.75 Å². The van der Waals surface area contributed by atoms with Gasteiger partial charge in [-0.1, -0.05) is 29.8 Å². The number of nitrogens with two attached hydrogens (primary N) is 1. The van der Waals surface area contributed by atoms with Crippen LogP contribution in [0.15, 0.2) is 36.4 Å². The Morgan fingerprint density at radius 2 is 1.75 bits per heavy atom. The zero-order valence-corrected chi connectivity index (χ0v) is 12.5. The molecule has 1 atom stereocenters.